The van der Waals surface area contributed by atoms with E-state index in [0.717, 1.165) is 24.2 Å². The zero-order valence-corrected chi connectivity index (χ0v) is 15.9. The molecule has 1 unspecified atom stereocenters. The van der Waals surface area contributed by atoms with Gasteiger partial charge in [0.05, 0.1) is 0 Å². The molecule has 0 aliphatic heterocycles. The van der Waals surface area contributed by atoms with Crippen molar-refractivity contribution in [1.82, 2.24) is 15.5 Å². The monoisotopic (exact) mass is 353 g/mol. The maximum Gasteiger partial charge on any atom is 0.249 e. The van der Waals surface area contributed by atoms with E-state index in [9.17, 15) is 4.79 Å². The topological polar surface area (TPSA) is 68.0 Å². The molecule has 5 heteroatoms. The summed E-state index contributed by atoms with van der Waals surface area (Å²) < 4.78 is 5.39. The van der Waals surface area contributed by atoms with Crippen LogP contribution in [-0.4, -0.2) is 16.0 Å². The smallest absolute Gasteiger partial charge is 0.249 e. The van der Waals surface area contributed by atoms with Gasteiger partial charge in [-0.2, -0.15) is 4.98 Å². The quantitative estimate of drug-likeness (QED) is 0.739. The molecular formula is C21H27N3O2. The molecule has 1 aliphatic carbocycles. The summed E-state index contributed by atoms with van der Waals surface area (Å²) in [6.45, 7) is 8.38. The maximum absolute atomic E-state index is 12.3. The molecule has 1 N–H and O–H groups in total. The second-order valence-electron chi connectivity index (χ2n) is 7.65. The Morgan fingerprint density at radius 2 is 1.88 bits per heavy atom. The summed E-state index contributed by atoms with van der Waals surface area (Å²) in [7, 11) is 0. The van der Waals surface area contributed by atoms with Crippen LogP contribution in [-0.2, 0) is 4.79 Å². The van der Waals surface area contributed by atoms with E-state index in [2.05, 4.69) is 41.4 Å². The van der Waals surface area contributed by atoms with Crippen molar-refractivity contribution in [3.63, 3.8) is 0 Å². The Bertz CT molecular complexity index is 771. The van der Waals surface area contributed by atoms with Gasteiger partial charge in [-0.3, -0.25) is 4.79 Å². The van der Waals surface area contributed by atoms with E-state index in [1.54, 1.807) is 6.08 Å². The molecule has 1 aromatic heterocycles. The second kappa shape index (κ2) is 7.85. The zero-order chi connectivity index (χ0) is 18.7. The van der Waals surface area contributed by atoms with Gasteiger partial charge in [0.25, 0.3) is 0 Å². The highest BCUT2D eigenvalue weighted by molar-refractivity contribution is 5.91. The summed E-state index contributed by atoms with van der Waals surface area (Å²) >= 11 is 0. The van der Waals surface area contributed by atoms with Gasteiger partial charge in [-0.15, -0.1) is 0 Å². The van der Waals surface area contributed by atoms with E-state index in [4.69, 9.17) is 4.52 Å². The lowest BCUT2D eigenvalue weighted by molar-refractivity contribution is -0.117. The van der Waals surface area contributed by atoms with Gasteiger partial charge < -0.3 is 9.84 Å². The van der Waals surface area contributed by atoms with Crippen LogP contribution in [0.3, 0.4) is 0 Å². The predicted molar refractivity (Wildman–Crippen MR) is 102 cm³/mol. The number of benzene rings is 1. The van der Waals surface area contributed by atoms with Gasteiger partial charge in [-0.05, 0) is 41.9 Å². The number of nitrogens with zero attached hydrogens (tertiary/aromatic N) is 2. The third-order valence-electron chi connectivity index (χ3n) is 4.66. The molecule has 1 atom stereocenters. The van der Waals surface area contributed by atoms with E-state index >= 15 is 0 Å². The Morgan fingerprint density at radius 1 is 1.19 bits per heavy atom. The van der Waals surface area contributed by atoms with Crippen molar-refractivity contribution < 1.29 is 9.32 Å². The van der Waals surface area contributed by atoms with Crippen molar-refractivity contribution >= 4 is 12.0 Å². The highest BCUT2D eigenvalue weighted by atomic mass is 16.5. The number of carbonyl (C=O) groups is 1. The molecule has 1 aromatic carbocycles. The first-order chi connectivity index (χ1) is 12.4. The SMILES string of the molecule is CC(C)c1ccc(/C=C/C(=O)NC(c2nc(C3CC3)no2)C(C)C)cc1. The molecule has 5 nitrogen and oxygen atoms in total. The summed E-state index contributed by atoms with van der Waals surface area (Å²) in [4.78, 5) is 16.8. The van der Waals surface area contributed by atoms with E-state index in [0.29, 0.717) is 17.7 Å². The van der Waals surface area contributed by atoms with E-state index in [-0.39, 0.29) is 17.9 Å². The molecule has 26 heavy (non-hydrogen) atoms. The molecule has 0 saturated heterocycles. The van der Waals surface area contributed by atoms with Crippen LogP contribution in [0.5, 0.6) is 0 Å². The first kappa shape index (κ1) is 18.4. The van der Waals surface area contributed by atoms with Crippen LogP contribution >= 0.6 is 0 Å². The Morgan fingerprint density at radius 3 is 2.46 bits per heavy atom. The van der Waals surface area contributed by atoms with Crippen LogP contribution in [0.15, 0.2) is 34.9 Å². The summed E-state index contributed by atoms with van der Waals surface area (Å²) in [5, 5.41) is 7.03. The molecule has 1 fully saturated rings. The first-order valence-corrected chi connectivity index (χ1v) is 9.36. The number of rotatable bonds is 7. The van der Waals surface area contributed by atoms with E-state index in [1.807, 2.05) is 32.1 Å². The number of carbonyl (C=O) groups excluding carboxylic acids is 1. The van der Waals surface area contributed by atoms with Crippen LogP contribution in [0.2, 0.25) is 0 Å². The summed E-state index contributed by atoms with van der Waals surface area (Å²) in [5.74, 6) is 2.18. The second-order valence-corrected chi connectivity index (χ2v) is 7.65. The lowest BCUT2D eigenvalue weighted by atomic mass is 10.0. The molecule has 1 aliphatic rings. The Kier molecular flexibility index (Phi) is 5.55. The molecule has 1 amide bonds. The molecular weight excluding hydrogens is 326 g/mol. The van der Waals surface area contributed by atoms with Crippen molar-refractivity contribution in [3.8, 4) is 0 Å². The van der Waals surface area contributed by atoms with Gasteiger partial charge in [-0.25, -0.2) is 0 Å². The first-order valence-electron chi connectivity index (χ1n) is 9.36. The molecule has 138 valence electrons. The van der Waals surface area contributed by atoms with Gasteiger partial charge in [0.15, 0.2) is 5.82 Å². The fourth-order valence-electron chi connectivity index (χ4n) is 2.76. The molecule has 2 aromatic rings. The highest BCUT2D eigenvalue weighted by Crippen LogP contribution is 2.38. The molecule has 0 spiro atoms. The number of nitrogens with one attached hydrogen (secondary N) is 1. The fraction of sp³-hybridized carbons (Fsp3) is 0.476. The van der Waals surface area contributed by atoms with Crippen LogP contribution in [0.1, 0.15) is 81.3 Å². The van der Waals surface area contributed by atoms with Crippen molar-refractivity contribution in [2.45, 2.75) is 58.4 Å². The average Bonchev–Trinajstić information content (AvgIpc) is 3.35. The minimum atomic E-state index is -0.282. The van der Waals surface area contributed by atoms with Crippen LogP contribution in [0, 0.1) is 5.92 Å². The van der Waals surface area contributed by atoms with Gasteiger partial charge in [0, 0.05) is 12.0 Å². The van der Waals surface area contributed by atoms with Crippen LogP contribution in [0.4, 0.5) is 0 Å². The number of hydrogen-bond acceptors (Lipinski definition) is 4. The van der Waals surface area contributed by atoms with Crippen molar-refractivity contribution in [3.05, 3.63) is 53.2 Å². The number of aromatic nitrogens is 2. The van der Waals surface area contributed by atoms with Crippen molar-refractivity contribution in [2.75, 3.05) is 0 Å². The summed E-state index contributed by atoms with van der Waals surface area (Å²) in [6.07, 6.45) is 5.62. The Hall–Kier alpha value is -2.43. The Labute approximate surface area is 154 Å². The normalized spacial score (nSPS) is 15.8. The van der Waals surface area contributed by atoms with Gasteiger partial charge in [0.1, 0.15) is 6.04 Å². The van der Waals surface area contributed by atoms with Gasteiger partial charge >= 0.3 is 0 Å². The molecule has 0 radical (unpaired) electrons. The standard InChI is InChI=1S/C21H27N3O2/c1-13(2)16-8-5-15(6-9-16)7-12-18(25)22-19(14(3)4)21-23-20(24-26-21)17-10-11-17/h5-9,12-14,17,19H,10-11H2,1-4H3,(H,22,25)/b12-7+. The largest absolute Gasteiger partial charge is 0.340 e. The van der Waals surface area contributed by atoms with Gasteiger partial charge in [-0.1, -0.05) is 57.1 Å². The summed E-state index contributed by atoms with van der Waals surface area (Å²) in [6, 6.07) is 7.96. The molecule has 1 saturated carbocycles. The fourth-order valence-corrected chi connectivity index (χ4v) is 2.76. The number of hydrogen-bond donors (Lipinski definition) is 1. The van der Waals surface area contributed by atoms with Crippen LogP contribution < -0.4 is 5.32 Å². The number of amides is 1. The third kappa shape index (κ3) is 4.59. The minimum absolute atomic E-state index is 0.158. The van der Waals surface area contributed by atoms with E-state index in [1.165, 1.54) is 5.56 Å². The Balaban J connectivity index is 1.63. The van der Waals surface area contributed by atoms with Crippen molar-refractivity contribution in [2.24, 2.45) is 5.92 Å². The third-order valence-corrected chi connectivity index (χ3v) is 4.66. The predicted octanol–water partition coefficient (Wildman–Crippen LogP) is 4.60. The summed E-state index contributed by atoms with van der Waals surface area (Å²) in [5.41, 5.74) is 2.29. The zero-order valence-electron chi connectivity index (χ0n) is 15.9. The van der Waals surface area contributed by atoms with Crippen LogP contribution in [0.25, 0.3) is 6.08 Å². The molecule has 3 rings (SSSR count). The minimum Gasteiger partial charge on any atom is -0.340 e. The molecule has 0 bridgehead atoms. The lowest BCUT2D eigenvalue weighted by Crippen LogP contribution is -2.30. The maximum atomic E-state index is 12.3. The van der Waals surface area contributed by atoms with Crippen molar-refractivity contribution in [1.29, 1.82) is 0 Å². The van der Waals surface area contributed by atoms with Gasteiger partial charge in [0.2, 0.25) is 11.8 Å². The molecule has 1 heterocycles. The lowest BCUT2D eigenvalue weighted by Gasteiger charge is -2.17. The van der Waals surface area contributed by atoms with E-state index < -0.39 is 0 Å². The highest BCUT2D eigenvalue weighted by Gasteiger charge is 2.31. The average molecular weight is 353 g/mol.